The largest absolute Gasteiger partial charge is 0.381 e. The van der Waals surface area contributed by atoms with Crippen LogP contribution in [-0.2, 0) is 14.4 Å². The van der Waals surface area contributed by atoms with Gasteiger partial charge < -0.3 is 4.84 Å². The number of carbonyl (C=O) groups excluding carboxylic acids is 2. The van der Waals surface area contributed by atoms with Gasteiger partial charge in [0, 0.05) is 17.7 Å². The second-order valence-corrected chi connectivity index (χ2v) is 5.75. The number of amides is 2. The Morgan fingerprint density at radius 3 is 2.42 bits per heavy atom. The van der Waals surface area contributed by atoms with Crippen LogP contribution in [0.25, 0.3) is 0 Å². The number of para-hydroxylation sites is 1. The maximum Gasteiger partial charge on any atom is 0.279 e. The van der Waals surface area contributed by atoms with Gasteiger partial charge in [0.15, 0.2) is 0 Å². The van der Waals surface area contributed by atoms with Gasteiger partial charge in [0.2, 0.25) is 12.0 Å². The number of nitro benzene ring substituents is 1. The fraction of sp³-hybridized carbons (Fsp3) is 0.118. The summed E-state index contributed by atoms with van der Waals surface area (Å²) < 4.78 is 14.0. The number of rotatable bonds is 3. The molecule has 130 valence electrons. The smallest absolute Gasteiger partial charge is 0.279 e. The lowest BCUT2D eigenvalue weighted by Gasteiger charge is -2.15. The molecule has 1 fully saturated rings. The van der Waals surface area contributed by atoms with Crippen molar-refractivity contribution in [3.63, 3.8) is 0 Å². The van der Waals surface area contributed by atoms with Gasteiger partial charge in [-0.05, 0) is 24.3 Å². The first-order valence-electron chi connectivity index (χ1n) is 7.60. The Morgan fingerprint density at radius 1 is 1.08 bits per heavy atom. The van der Waals surface area contributed by atoms with E-state index in [9.17, 15) is 24.1 Å². The molecule has 2 aromatic carbocycles. The molecule has 8 nitrogen and oxygen atoms in total. The van der Waals surface area contributed by atoms with Gasteiger partial charge in [-0.15, -0.1) is 0 Å². The first-order chi connectivity index (χ1) is 12.5. The molecule has 2 heterocycles. The summed E-state index contributed by atoms with van der Waals surface area (Å²) in [5.74, 6) is -3.09. The Hall–Kier alpha value is -3.62. The molecule has 2 aliphatic rings. The van der Waals surface area contributed by atoms with Crippen molar-refractivity contribution < 1.29 is 23.7 Å². The highest BCUT2D eigenvalue weighted by Gasteiger charge is 2.56. The molecule has 2 aliphatic heterocycles. The molecule has 0 spiro atoms. The fourth-order valence-electron chi connectivity index (χ4n) is 3.04. The number of benzene rings is 2. The van der Waals surface area contributed by atoms with Crippen LogP contribution in [0.15, 0.2) is 53.7 Å². The van der Waals surface area contributed by atoms with E-state index in [4.69, 9.17) is 4.84 Å². The molecule has 26 heavy (non-hydrogen) atoms. The third kappa shape index (κ3) is 2.25. The summed E-state index contributed by atoms with van der Waals surface area (Å²) in [4.78, 5) is 41.4. The lowest BCUT2D eigenvalue weighted by molar-refractivity contribution is -0.384. The van der Waals surface area contributed by atoms with E-state index in [1.165, 1.54) is 42.5 Å². The monoisotopic (exact) mass is 355 g/mol. The number of nitrogens with zero attached hydrogens (tertiary/aromatic N) is 3. The zero-order valence-corrected chi connectivity index (χ0v) is 13.0. The number of oxime groups is 1. The molecule has 2 amide bonds. The molecule has 0 aliphatic carbocycles. The van der Waals surface area contributed by atoms with Gasteiger partial charge in [0.05, 0.1) is 10.6 Å². The van der Waals surface area contributed by atoms with Crippen LogP contribution in [-0.4, -0.2) is 28.6 Å². The standard InChI is InChI=1S/C17H10FN3O5/c18-11-3-1-2-4-12(11)20-16(22)13-14(19-26-15(13)17(20)23)9-5-7-10(8-6-9)21(24)25/h1-8,13,15H. The minimum Gasteiger partial charge on any atom is -0.381 e. The lowest BCUT2D eigenvalue weighted by atomic mass is 9.94. The molecule has 4 rings (SSSR count). The molecular weight excluding hydrogens is 345 g/mol. The molecule has 2 unspecified atom stereocenters. The average molecular weight is 355 g/mol. The number of hydrogen-bond donors (Lipinski definition) is 0. The highest BCUT2D eigenvalue weighted by molar-refractivity contribution is 6.32. The SMILES string of the molecule is O=C1C2ON=C(c3ccc([N+](=O)[O-])cc3)C2C(=O)N1c1ccccc1F. The molecule has 2 aromatic rings. The molecule has 0 aromatic heterocycles. The summed E-state index contributed by atoms with van der Waals surface area (Å²) in [6, 6.07) is 10.8. The van der Waals surface area contributed by atoms with Crippen molar-refractivity contribution in [1.82, 2.24) is 0 Å². The molecule has 0 radical (unpaired) electrons. The number of nitro groups is 1. The lowest BCUT2D eigenvalue weighted by Crippen LogP contribution is -2.33. The van der Waals surface area contributed by atoms with Gasteiger partial charge in [-0.3, -0.25) is 19.7 Å². The highest BCUT2D eigenvalue weighted by atomic mass is 19.1. The summed E-state index contributed by atoms with van der Waals surface area (Å²) in [7, 11) is 0. The average Bonchev–Trinajstić information content (AvgIpc) is 3.17. The van der Waals surface area contributed by atoms with Crippen LogP contribution in [0.3, 0.4) is 0 Å². The number of non-ortho nitro benzene ring substituents is 1. The summed E-state index contributed by atoms with van der Waals surface area (Å²) in [6.07, 6.45) is -1.17. The van der Waals surface area contributed by atoms with Gasteiger partial charge in [-0.1, -0.05) is 17.3 Å². The third-order valence-corrected chi connectivity index (χ3v) is 4.28. The number of hydrogen-bond acceptors (Lipinski definition) is 6. The Labute approximate surface area is 145 Å². The minimum absolute atomic E-state index is 0.119. The van der Waals surface area contributed by atoms with Crippen LogP contribution in [0.5, 0.6) is 0 Å². The molecule has 0 saturated carbocycles. The summed E-state index contributed by atoms with van der Waals surface area (Å²) in [6.45, 7) is 0. The van der Waals surface area contributed by atoms with Crippen molar-refractivity contribution in [3.05, 3.63) is 70.0 Å². The molecular formula is C17H10FN3O5. The van der Waals surface area contributed by atoms with E-state index in [2.05, 4.69) is 5.16 Å². The second kappa shape index (κ2) is 5.73. The maximum absolute atomic E-state index is 14.0. The minimum atomic E-state index is -1.17. The molecule has 1 saturated heterocycles. The first-order valence-corrected chi connectivity index (χ1v) is 7.60. The highest BCUT2D eigenvalue weighted by Crippen LogP contribution is 2.36. The van der Waals surface area contributed by atoms with E-state index in [0.29, 0.717) is 5.56 Å². The number of halogens is 1. The molecule has 0 N–H and O–H groups in total. The van der Waals surface area contributed by atoms with Crippen LogP contribution in [0.2, 0.25) is 0 Å². The number of carbonyl (C=O) groups is 2. The second-order valence-electron chi connectivity index (χ2n) is 5.75. The third-order valence-electron chi connectivity index (χ3n) is 4.28. The van der Waals surface area contributed by atoms with E-state index >= 15 is 0 Å². The van der Waals surface area contributed by atoms with Crippen molar-refractivity contribution >= 4 is 28.9 Å². The quantitative estimate of drug-likeness (QED) is 0.476. The summed E-state index contributed by atoms with van der Waals surface area (Å²) >= 11 is 0. The number of anilines is 1. The van der Waals surface area contributed by atoms with Crippen LogP contribution in [0.4, 0.5) is 15.8 Å². The zero-order valence-electron chi connectivity index (χ0n) is 13.0. The predicted octanol–water partition coefficient (Wildman–Crippen LogP) is 2.03. The van der Waals surface area contributed by atoms with Gasteiger partial charge >= 0.3 is 0 Å². The molecule has 2 atom stereocenters. The summed E-state index contributed by atoms with van der Waals surface area (Å²) in [5, 5.41) is 14.6. The van der Waals surface area contributed by atoms with Gasteiger partial charge in [-0.2, -0.15) is 0 Å². The van der Waals surface area contributed by atoms with Crippen LogP contribution >= 0.6 is 0 Å². The Balaban J connectivity index is 1.69. The zero-order chi connectivity index (χ0) is 18.4. The predicted molar refractivity (Wildman–Crippen MR) is 86.9 cm³/mol. The first kappa shape index (κ1) is 15.9. The van der Waals surface area contributed by atoms with Crippen LogP contribution < -0.4 is 4.90 Å². The number of imide groups is 1. The Bertz CT molecular complexity index is 973. The van der Waals surface area contributed by atoms with Gasteiger partial charge in [0.25, 0.3) is 11.6 Å². The number of fused-ring (bicyclic) bond motifs is 1. The maximum atomic E-state index is 14.0. The fourth-order valence-corrected chi connectivity index (χ4v) is 3.04. The van der Waals surface area contributed by atoms with Crippen molar-refractivity contribution in [1.29, 1.82) is 0 Å². The van der Waals surface area contributed by atoms with Crippen LogP contribution in [0, 0.1) is 21.8 Å². The van der Waals surface area contributed by atoms with E-state index in [0.717, 1.165) is 11.0 Å². The van der Waals surface area contributed by atoms with E-state index < -0.39 is 34.6 Å². The van der Waals surface area contributed by atoms with Crippen molar-refractivity contribution in [2.24, 2.45) is 11.1 Å². The van der Waals surface area contributed by atoms with Gasteiger partial charge in [-0.25, -0.2) is 9.29 Å². The van der Waals surface area contributed by atoms with Crippen molar-refractivity contribution in [2.75, 3.05) is 4.90 Å². The van der Waals surface area contributed by atoms with Crippen LogP contribution in [0.1, 0.15) is 5.56 Å². The van der Waals surface area contributed by atoms with E-state index in [-0.39, 0.29) is 17.1 Å². The van der Waals surface area contributed by atoms with Crippen molar-refractivity contribution in [2.45, 2.75) is 6.10 Å². The Morgan fingerprint density at radius 2 is 1.77 bits per heavy atom. The summed E-state index contributed by atoms with van der Waals surface area (Å²) in [5.41, 5.74) is 0.330. The van der Waals surface area contributed by atoms with Crippen molar-refractivity contribution in [3.8, 4) is 0 Å². The van der Waals surface area contributed by atoms with Gasteiger partial charge in [0.1, 0.15) is 17.4 Å². The van der Waals surface area contributed by atoms with E-state index in [1.54, 1.807) is 0 Å². The normalized spacial score (nSPS) is 21.4. The van der Waals surface area contributed by atoms with E-state index in [1.807, 2.05) is 0 Å². The molecule has 0 bridgehead atoms. The topological polar surface area (TPSA) is 102 Å². The molecule has 9 heteroatoms. The Kier molecular flexibility index (Phi) is 3.50.